The number of ether oxygens (including phenoxy) is 1. The molecular weight excluding hydrogens is 735 g/mol. The van der Waals surface area contributed by atoms with Crippen LogP contribution >= 0.6 is 54.5 Å². The van der Waals surface area contributed by atoms with Gasteiger partial charge < -0.3 is 10.1 Å². The van der Waals surface area contributed by atoms with Gasteiger partial charge in [0.15, 0.2) is 0 Å². The number of alkyl halides is 5. The molecule has 212 valence electrons. The van der Waals surface area contributed by atoms with Crippen molar-refractivity contribution in [3.63, 3.8) is 0 Å². The summed E-state index contributed by atoms with van der Waals surface area (Å²) in [5, 5.41) is 2.56. The zero-order valence-electron chi connectivity index (χ0n) is 20.6. The van der Waals surface area contributed by atoms with Crippen molar-refractivity contribution in [2.24, 2.45) is 0 Å². The first-order valence-corrected chi connectivity index (χ1v) is 14.3. The van der Waals surface area contributed by atoms with Gasteiger partial charge in [-0.3, -0.25) is 14.9 Å². The van der Waals surface area contributed by atoms with Crippen molar-refractivity contribution in [1.29, 1.82) is 0 Å². The SMILES string of the molecule is C.CCC(C)I.COc1cncc(Br)c1.FC1(F)CCN(Cc2cncc(Br)c2)C1.FC1(F)CCNC1. The molecule has 0 saturated carbocycles. The zero-order chi connectivity index (χ0) is 27.2. The molecule has 0 aromatic carbocycles. The Morgan fingerprint density at radius 1 is 1.05 bits per heavy atom. The van der Waals surface area contributed by atoms with Crippen LogP contribution in [0, 0.1) is 0 Å². The van der Waals surface area contributed by atoms with Crippen LogP contribution in [0.3, 0.4) is 0 Å². The van der Waals surface area contributed by atoms with Gasteiger partial charge in [0.05, 0.1) is 26.4 Å². The van der Waals surface area contributed by atoms with E-state index in [9.17, 15) is 17.6 Å². The summed E-state index contributed by atoms with van der Waals surface area (Å²) >= 11 is 8.97. The fourth-order valence-electron chi connectivity index (χ4n) is 2.88. The lowest BCUT2D eigenvalue weighted by Crippen LogP contribution is -2.24. The molecule has 37 heavy (non-hydrogen) atoms. The average Bonchev–Trinajstić information content (AvgIpc) is 3.38. The molecule has 12 heteroatoms. The number of halogens is 7. The first-order chi connectivity index (χ1) is 16.9. The van der Waals surface area contributed by atoms with Gasteiger partial charge in [-0.2, -0.15) is 0 Å². The van der Waals surface area contributed by atoms with E-state index in [0.29, 0.717) is 19.6 Å². The van der Waals surface area contributed by atoms with Crippen LogP contribution in [-0.4, -0.2) is 63.9 Å². The lowest BCUT2D eigenvalue weighted by Gasteiger charge is -2.15. The summed E-state index contributed by atoms with van der Waals surface area (Å²) in [4.78, 5) is 9.64. The number of hydrogen-bond acceptors (Lipinski definition) is 5. The molecule has 2 saturated heterocycles. The van der Waals surface area contributed by atoms with Gasteiger partial charge in [0.2, 0.25) is 0 Å². The summed E-state index contributed by atoms with van der Waals surface area (Å²) in [6.07, 6.45) is 8.03. The summed E-state index contributed by atoms with van der Waals surface area (Å²) in [5.74, 6) is -4.16. The van der Waals surface area contributed by atoms with Crippen molar-refractivity contribution in [3.05, 3.63) is 51.4 Å². The Kier molecular flexibility index (Phi) is 18.4. The van der Waals surface area contributed by atoms with Crippen LogP contribution in [0.1, 0.15) is 46.1 Å². The summed E-state index contributed by atoms with van der Waals surface area (Å²) < 4.78 is 57.2. The fraction of sp³-hybridized carbons (Fsp3) is 0.600. The molecule has 1 unspecified atom stereocenters. The quantitative estimate of drug-likeness (QED) is 0.194. The number of nitrogens with zero attached hydrogens (tertiary/aromatic N) is 3. The zero-order valence-corrected chi connectivity index (χ0v) is 25.9. The lowest BCUT2D eigenvalue weighted by molar-refractivity contribution is 0.0114. The topological polar surface area (TPSA) is 50.3 Å². The third-order valence-electron chi connectivity index (χ3n) is 4.95. The maximum Gasteiger partial charge on any atom is 0.261 e. The first kappa shape index (κ1) is 36.4. The maximum atomic E-state index is 12.9. The van der Waals surface area contributed by atoms with Crippen LogP contribution in [0.15, 0.2) is 45.9 Å². The van der Waals surface area contributed by atoms with Crippen LogP contribution < -0.4 is 10.1 Å². The molecule has 1 N–H and O–H groups in total. The summed E-state index contributed by atoms with van der Waals surface area (Å²) in [6.45, 7) is 5.60. The van der Waals surface area contributed by atoms with Crippen molar-refractivity contribution in [3.8, 4) is 5.75 Å². The molecule has 2 fully saturated rings. The van der Waals surface area contributed by atoms with E-state index in [4.69, 9.17) is 4.74 Å². The highest BCUT2D eigenvalue weighted by Gasteiger charge is 2.37. The molecule has 0 spiro atoms. The van der Waals surface area contributed by atoms with Gasteiger partial charge in [-0.1, -0.05) is 43.9 Å². The van der Waals surface area contributed by atoms with Crippen LogP contribution in [0.2, 0.25) is 0 Å². The van der Waals surface area contributed by atoms with Gasteiger partial charge in [-0.15, -0.1) is 0 Å². The molecule has 2 aromatic heterocycles. The number of pyridine rings is 2. The highest BCUT2D eigenvalue weighted by Crippen LogP contribution is 2.28. The Hall–Kier alpha value is -0.570. The minimum atomic E-state index is -2.51. The minimum Gasteiger partial charge on any atom is -0.495 e. The van der Waals surface area contributed by atoms with E-state index in [-0.39, 0.29) is 33.4 Å². The van der Waals surface area contributed by atoms with E-state index in [0.717, 1.165) is 24.2 Å². The Morgan fingerprint density at radius 3 is 2.00 bits per heavy atom. The Balaban J connectivity index is 0.000000507. The van der Waals surface area contributed by atoms with Gasteiger partial charge in [-0.05, 0) is 56.0 Å². The number of hydrogen-bond donors (Lipinski definition) is 1. The highest BCUT2D eigenvalue weighted by atomic mass is 127. The Labute approximate surface area is 248 Å². The molecule has 2 aliphatic heterocycles. The molecular formula is C25H37Br2F4IN4O. The highest BCUT2D eigenvalue weighted by molar-refractivity contribution is 14.1. The normalized spacial score (nSPS) is 18.0. The van der Waals surface area contributed by atoms with Crippen LogP contribution in [0.5, 0.6) is 5.75 Å². The molecule has 4 rings (SSSR count). The van der Waals surface area contributed by atoms with Crippen LogP contribution in [0.25, 0.3) is 0 Å². The molecule has 0 bridgehead atoms. The molecule has 0 amide bonds. The van der Waals surface area contributed by atoms with Gasteiger partial charge in [0, 0.05) is 63.9 Å². The predicted molar refractivity (Wildman–Crippen MR) is 158 cm³/mol. The number of nitrogens with one attached hydrogen (secondary N) is 1. The van der Waals surface area contributed by atoms with Crippen molar-refractivity contribution >= 4 is 54.5 Å². The molecule has 2 aliphatic rings. The van der Waals surface area contributed by atoms with Gasteiger partial charge in [0.1, 0.15) is 5.75 Å². The van der Waals surface area contributed by atoms with E-state index in [1.807, 2.05) is 12.1 Å². The van der Waals surface area contributed by atoms with Crippen molar-refractivity contribution < 1.29 is 22.3 Å². The van der Waals surface area contributed by atoms with Crippen molar-refractivity contribution in [2.45, 2.75) is 62.9 Å². The second kappa shape index (κ2) is 18.7. The first-order valence-electron chi connectivity index (χ1n) is 11.4. The fourth-order valence-corrected chi connectivity index (χ4v) is 3.63. The Bertz CT molecular complexity index is 889. The van der Waals surface area contributed by atoms with Crippen molar-refractivity contribution in [2.75, 3.05) is 33.3 Å². The molecule has 0 aliphatic carbocycles. The maximum absolute atomic E-state index is 12.9. The minimum absolute atomic E-state index is 0. The lowest BCUT2D eigenvalue weighted by atomic mass is 10.3. The number of rotatable bonds is 4. The van der Waals surface area contributed by atoms with E-state index < -0.39 is 11.8 Å². The number of aromatic nitrogens is 2. The Morgan fingerprint density at radius 2 is 1.65 bits per heavy atom. The molecule has 1 atom stereocenters. The van der Waals surface area contributed by atoms with Gasteiger partial charge in [0.25, 0.3) is 11.8 Å². The molecule has 2 aromatic rings. The molecule has 4 heterocycles. The second-order valence-corrected chi connectivity index (χ2v) is 12.3. The largest absolute Gasteiger partial charge is 0.495 e. The van der Waals surface area contributed by atoms with Crippen LogP contribution in [0.4, 0.5) is 17.6 Å². The number of likely N-dealkylation sites (tertiary alicyclic amines) is 1. The summed E-state index contributed by atoms with van der Waals surface area (Å²) in [6, 6.07) is 3.76. The third kappa shape index (κ3) is 17.6. The standard InChI is InChI=1S/C10H11BrF2N2.C6H6BrNO.C4H7F2N.C4H9I.CH4/c11-9-3-8(4-14-5-9)6-15-2-1-10(12,13)7-15;1-9-6-2-5(7)3-8-4-6;5-4(6)1-2-7-3-4;1-3-4(2)5;/h3-5H,1-2,6-7H2;2-4H,1H3;7H,1-3H2;4H,3H2,1-2H3;1H4. The van der Waals surface area contributed by atoms with E-state index in [1.165, 1.54) is 6.42 Å². The van der Waals surface area contributed by atoms with E-state index >= 15 is 0 Å². The number of methoxy groups -OCH3 is 1. The van der Waals surface area contributed by atoms with Crippen molar-refractivity contribution in [1.82, 2.24) is 20.2 Å². The molecule has 0 radical (unpaired) electrons. The molecule has 5 nitrogen and oxygen atoms in total. The monoisotopic (exact) mass is 770 g/mol. The smallest absolute Gasteiger partial charge is 0.261 e. The van der Waals surface area contributed by atoms with E-state index in [2.05, 4.69) is 83.6 Å². The third-order valence-corrected chi connectivity index (χ3v) is 6.69. The van der Waals surface area contributed by atoms with Gasteiger partial charge >= 0.3 is 0 Å². The average molecular weight is 772 g/mol. The predicted octanol–water partition coefficient (Wildman–Crippen LogP) is 8.01. The van der Waals surface area contributed by atoms with Gasteiger partial charge in [-0.25, -0.2) is 17.6 Å². The summed E-state index contributed by atoms with van der Waals surface area (Å²) in [7, 11) is 1.61. The second-order valence-electron chi connectivity index (χ2n) is 8.34. The van der Waals surface area contributed by atoms with E-state index in [1.54, 1.807) is 36.8 Å². The van der Waals surface area contributed by atoms with Crippen LogP contribution in [-0.2, 0) is 6.54 Å². The summed E-state index contributed by atoms with van der Waals surface area (Å²) in [5.41, 5.74) is 0.960.